The molecule has 0 spiro atoms. The highest BCUT2D eigenvalue weighted by atomic mass is 19.3. The molecule has 0 amide bonds. The predicted octanol–water partition coefficient (Wildman–Crippen LogP) is 9.67. The molecule has 29 heavy (non-hydrogen) atoms. The number of aryl methyl sites for hydroxylation is 1. The van der Waals surface area contributed by atoms with E-state index in [0.29, 0.717) is 6.42 Å². The van der Waals surface area contributed by atoms with Crippen LogP contribution in [0.2, 0.25) is 0 Å². The van der Waals surface area contributed by atoms with Crippen molar-refractivity contribution in [2.75, 3.05) is 0 Å². The van der Waals surface area contributed by atoms with E-state index in [0.717, 1.165) is 12.8 Å². The van der Waals surface area contributed by atoms with Gasteiger partial charge >= 0.3 is 0 Å². The smallest absolute Gasteiger partial charge is 0.238 e. The molecule has 0 heterocycles. The van der Waals surface area contributed by atoms with E-state index in [2.05, 4.69) is 30.3 Å². The highest BCUT2D eigenvalue weighted by molar-refractivity contribution is 5.14. The van der Waals surface area contributed by atoms with Crippen LogP contribution < -0.4 is 0 Å². The SMILES string of the molecule is F.FC(F)CCCCCCCCCCCCCCCCCCCc1ccccc1. The first-order chi connectivity index (χ1) is 13.8. The van der Waals surface area contributed by atoms with Gasteiger partial charge in [0.15, 0.2) is 0 Å². The second-order valence-electron chi connectivity index (χ2n) is 8.43. The van der Waals surface area contributed by atoms with Crippen molar-refractivity contribution in [1.29, 1.82) is 0 Å². The van der Waals surface area contributed by atoms with Crippen LogP contribution in [0.3, 0.4) is 0 Å². The summed E-state index contributed by atoms with van der Waals surface area (Å²) in [6, 6.07) is 10.8. The molecule has 0 aliphatic rings. The number of benzene rings is 1. The zero-order valence-corrected chi connectivity index (χ0v) is 18.6. The molecule has 0 aliphatic carbocycles. The third-order valence-electron chi connectivity index (χ3n) is 5.73. The van der Waals surface area contributed by atoms with Gasteiger partial charge < -0.3 is 0 Å². The molecule has 0 aliphatic heterocycles. The molecule has 0 aromatic heterocycles. The average molecular weight is 415 g/mol. The Hall–Kier alpha value is -0.990. The summed E-state index contributed by atoms with van der Waals surface area (Å²) in [7, 11) is 0. The fraction of sp³-hybridized carbons (Fsp3) is 0.769. The largest absolute Gasteiger partial charge is 0.269 e. The summed E-state index contributed by atoms with van der Waals surface area (Å²) in [4.78, 5) is 0. The van der Waals surface area contributed by atoms with Crippen LogP contribution in [0.4, 0.5) is 13.5 Å². The Labute approximate surface area is 178 Å². The van der Waals surface area contributed by atoms with Gasteiger partial charge in [0.2, 0.25) is 6.43 Å². The van der Waals surface area contributed by atoms with E-state index >= 15 is 0 Å². The first kappa shape index (κ1) is 28.0. The highest BCUT2D eigenvalue weighted by Crippen LogP contribution is 2.15. The summed E-state index contributed by atoms with van der Waals surface area (Å²) in [6.45, 7) is 0. The minimum Gasteiger partial charge on any atom is -0.269 e. The fourth-order valence-corrected chi connectivity index (χ4v) is 3.92. The van der Waals surface area contributed by atoms with E-state index in [1.807, 2.05) is 0 Å². The van der Waals surface area contributed by atoms with Gasteiger partial charge in [0, 0.05) is 6.42 Å². The molecule has 0 radical (unpaired) electrons. The lowest BCUT2D eigenvalue weighted by Gasteiger charge is -2.04. The summed E-state index contributed by atoms with van der Waals surface area (Å²) in [5.74, 6) is 0. The zero-order valence-electron chi connectivity index (χ0n) is 18.6. The minimum absolute atomic E-state index is 0. The van der Waals surface area contributed by atoms with E-state index in [-0.39, 0.29) is 11.1 Å². The third-order valence-corrected chi connectivity index (χ3v) is 5.73. The molecule has 0 bridgehead atoms. The van der Waals surface area contributed by atoms with Crippen molar-refractivity contribution in [1.82, 2.24) is 0 Å². The Bertz CT molecular complexity index is 419. The van der Waals surface area contributed by atoms with Gasteiger partial charge in [-0.3, -0.25) is 4.70 Å². The second-order valence-corrected chi connectivity index (χ2v) is 8.43. The molecule has 0 atom stereocenters. The second kappa shape index (κ2) is 21.7. The number of hydrogen-bond donors (Lipinski definition) is 0. The summed E-state index contributed by atoms with van der Waals surface area (Å²) in [5, 5.41) is 0. The summed E-state index contributed by atoms with van der Waals surface area (Å²) in [5.41, 5.74) is 1.48. The van der Waals surface area contributed by atoms with Crippen LogP contribution in [0.5, 0.6) is 0 Å². The standard InChI is InChI=1S/C26H44F2.FH/c27-26(28)24-20-15-13-11-9-7-5-3-1-2-4-6-8-10-12-14-17-21-25-22-18-16-19-23-25;/h16,18-19,22-23,26H,1-15,17,20-21,24H2;1H. The van der Waals surface area contributed by atoms with E-state index in [9.17, 15) is 8.78 Å². The van der Waals surface area contributed by atoms with Gasteiger partial charge in [-0.25, -0.2) is 8.78 Å². The normalized spacial score (nSPS) is 11.0. The van der Waals surface area contributed by atoms with Crippen LogP contribution in [0, 0.1) is 0 Å². The highest BCUT2D eigenvalue weighted by Gasteiger charge is 2.01. The van der Waals surface area contributed by atoms with E-state index < -0.39 is 6.43 Å². The third kappa shape index (κ3) is 20.1. The first-order valence-corrected chi connectivity index (χ1v) is 12.1. The van der Waals surface area contributed by atoms with E-state index in [1.165, 1.54) is 102 Å². The molecule has 1 rings (SSSR count). The Balaban J connectivity index is 0.00000784. The van der Waals surface area contributed by atoms with Crippen molar-refractivity contribution in [3.8, 4) is 0 Å². The fourth-order valence-electron chi connectivity index (χ4n) is 3.92. The molecule has 0 saturated carbocycles. The molecule has 170 valence electrons. The summed E-state index contributed by atoms with van der Waals surface area (Å²) < 4.78 is 24.0. The maximum atomic E-state index is 12.0. The van der Waals surface area contributed by atoms with Crippen LogP contribution >= 0.6 is 0 Å². The van der Waals surface area contributed by atoms with Crippen LogP contribution in [-0.2, 0) is 6.42 Å². The number of alkyl halides is 2. The van der Waals surface area contributed by atoms with Crippen molar-refractivity contribution >= 4 is 0 Å². The monoisotopic (exact) mass is 414 g/mol. The van der Waals surface area contributed by atoms with Gasteiger partial charge in [0.25, 0.3) is 0 Å². The van der Waals surface area contributed by atoms with Crippen LogP contribution in [0.25, 0.3) is 0 Å². The number of unbranched alkanes of at least 4 members (excludes halogenated alkanes) is 16. The topological polar surface area (TPSA) is 0 Å². The molecule has 0 saturated heterocycles. The molecule has 3 heteroatoms. The summed E-state index contributed by atoms with van der Waals surface area (Å²) >= 11 is 0. The molecule has 0 unspecified atom stereocenters. The predicted molar refractivity (Wildman–Crippen MR) is 122 cm³/mol. The number of halogens is 3. The lowest BCUT2D eigenvalue weighted by Crippen LogP contribution is -1.89. The van der Waals surface area contributed by atoms with Crippen LogP contribution in [-0.4, -0.2) is 6.43 Å². The molecule has 0 nitrogen and oxygen atoms in total. The van der Waals surface area contributed by atoms with Crippen molar-refractivity contribution in [3.05, 3.63) is 35.9 Å². The Morgan fingerprint density at radius 1 is 0.483 bits per heavy atom. The maximum Gasteiger partial charge on any atom is 0.238 e. The van der Waals surface area contributed by atoms with Crippen LogP contribution in [0.15, 0.2) is 30.3 Å². The lowest BCUT2D eigenvalue weighted by molar-refractivity contribution is 0.133. The van der Waals surface area contributed by atoms with E-state index in [4.69, 9.17) is 0 Å². The van der Waals surface area contributed by atoms with Crippen molar-refractivity contribution in [2.24, 2.45) is 0 Å². The van der Waals surface area contributed by atoms with Crippen LogP contribution in [0.1, 0.15) is 121 Å². The van der Waals surface area contributed by atoms with Crippen molar-refractivity contribution in [3.63, 3.8) is 0 Å². The Morgan fingerprint density at radius 2 is 0.828 bits per heavy atom. The number of hydrogen-bond acceptors (Lipinski definition) is 0. The molecule has 1 aromatic rings. The molecule has 1 aromatic carbocycles. The average Bonchev–Trinajstić information content (AvgIpc) is 2.70. The van der Waals surface area contributed by atoms with Gasteiger partial charge in [0.05, 0.1) is 0 Å². The zero-order chi connectivity index (χ0) is 20.1. The van der Waals surface area contributed by atoms with Gasteiger partial charge in [-0.05, 0) is 24.8 Å². The summed E-state index contributed by atoms with van der Waals surface area (Å²) in [6.07, 6.45) is 21.2. The Morgan fingerprint density at radius 3 is 1.21 bits per heavy atom. The van der Waals surface area contributed by atoms with Gasteiger partial charge in [0.1, 0.15) is 0 Å². The van der Waals surface area contributed by atoms with Crippen molar-refractivity contribution in [2.45, 2.75) is 128 Å². The van der Waals surface area contributed by atoms with E-state index in [1.54, 1.807) is 0 Å². The lowest BCUT2D eigenvalue weighted by atomic mass is 10.0. The molecule has 0 N–H and O–H groups in total. The molecular weight excluding hydrogens is 369 g/mol. The van der Waals surface area contributed by atoms with Gasteiger partial charge in [-0.1, -0.05) is 127 Å². The quantitative estimate of drug-likeness (QED) is 0.186. The first-order valence-electron chi connectivity index (χ1n) is 12.1. The minimum atomic E-state index is -2.11. The van der Waals surface area contributed by atoms with Crippen molar-refractivity contribution < 1.29 is 13.5 Å². The van der Waals surface area contributed by atoms with Gasteiger partial charge in [-0.15, -0.1) is 0 Å². The molecule has 0 fully saturated rings. The number of rotatable bonds is 20. The maximum absolute atomic E-state index is 12.0. The Kier molecular flexibility index (Phi) is 21.0. The van der Waals surface area contributed by atoms with Gasteiger partial charge in [-0.2, -0.15) is 0 Å². The molecular formula is C26H45F3.